The van der Waals surface area contributed by atoms with Crippen LogP contribution in [0.15, 0.2) is 18.5 Å². The first-order valence-corrected chi connectivity index (χ1v) is 5.88. The highest BCUT2D eigenvalue weighted by molar-refractivity contribution is 5.84. The summed E-state index contributed by atoms with van der Waals surface area (Å²) in [5.41, 5.74) is 0.0196. The van der Waals surface area contributed by atoms with Crippen molar-refractivity contribution in [3.63, 3.8) is 0 Å². The van der Waals surface area contributed by atoms with Crippen molar-refractivity contribution in [2.24, 2.45) is 0 Å². The molecular formula is C13H20N2O3. The second kappa shape index (κ2) is 5.71. The van der Waals surface area contributed by atoms with Gasteiger partial charge in [-0.1, -0.05) is 0 Å². The van der Waals surface area contributed by atoms with Gasteiger partial charge in [-0.2, -0.15) is 0 Å². The van der Waals surface area contributed by atoms with Gasteiger partial charge in [0.25, 0.3) is 0 Å². The number of carbonyl (C=O) groups is 1. The fourth-order valence-electron chi connectivity index (χ4n) is 1.25. The van der Waals surface area contributed by atoms with Gasteiger partial charge in [0.1, 0.15) is 11.4 Å². The number of anilines is 1. The van der Waals surface area contributed by atoms with Crippen molar-refractivity contribution in [2.45, 2.75) is 46.3 Å². The monoisotopic (exact) mass is 252 g/mol. The lowest BCUT2D eigenvalue weighted by atomic mass is 10.2. The number of nitrogens with one attached hydrogen (secondary N) is 1. The zero-order valence-corrected chi connectivity index (χ0v) is 11.5. The molecule has 0 saturated heterocycles. The van der Waals surface area contributed by atoms with Gasteiger partial charge in [0.15, 0.2) is 0 Å². The van der Waals surface area contributed by atoms with Gasteiger partial charge in [0, 0.05) is 6.07 Å². The third-order valence-corrected chi connectivity index (χ3v) is 1.73. The van der Waals surface area contributed by atoms with Crippen molar-refractivity contribution in [3.8, 4) is 5.75 Å². The smallest absolute Gasteiger partial charge is 0.412 e. The van der Waals surface area contributed by atoms with E-state index in [1.54, 1.807) is 12.3 Å². The zero-order valence-electron chi connectivity index (χ0n) is 11.5. The summed E-state index contributed by atoms with van der Waals surface area (Å²) in [7, 11) is 0. The van der Waals surface area contributed by atoms with Gasteiger partial charge in [-0.05, 0) is 34.6 Å². The summed E-state index contributed by atoms with van der Waals surface area (Å²) in [5, 5.41) is 2.61. The number of carbonyl (C=O) groups excluding carboxylic acids is 1. The SMILES string of the molecule is CC(C)Oc1cncc(NC(=O)OC(C)(C)C)c1. The molecule has 1 amide bonds. The molecule has 5 heteroatoms. The first kappa shape index (κ1) is 14.3. The number of nitrogens with zero attached hydrogens (tertiary/aromatic N) is 1. The molecule has 0 unspecified atom stereocenters. The maximum atomic E-state index is 11.6. The summed E-state index contributed by atoms with van der Waals surface area (Å²) >= 11 is 0. The Morgan fingerprint density at radius 1 is 1.33 bits per heavy atom. The average molecular weight is 252 g/mol. The van der Waals surface area contributed by atoms with E-state index in [9.17, 15) is 4.79 Å². The summed E-state index contributed by atoms with van der Waals surface area (Å²) < 4.78 is 10.6. The minimum absolute atomic E-state index is 0.0589. The van der Waals surface area contributed by atoms with Gasteiger partial charge < -0.3 is 9.47 Å². The van der Waals surface area contributed by atoms with Crippen molar-refractivity contribution in [1.82, 2.24) is 4.98 Å². The van der Waals surface area contributed by atoms with Crippen LogP contribution in [0.3, 0.4) is 0 Å². The molecule has 100 valence electrons. The van der Waals surface area contributed by atoms with Crippen LogP contribution in [-0.2, 0) is 4.74 Å². The van der Waals surface area contributed by atoms with Crippen LogP contribution in [0, 0.1) is 0 Å². The highest BCUT2D eigenvalue weighted by Crippen LogP contribution is 2.17. The molecule has 0 bridgehead atoms. The number of hydrogen-bond acceptors (Lipinski definition) is 4. The normalized spacial score (nSPS) is 11.2. The molecule has 5 nitrogen and oxygen atoms in total. The van der Waals surface area contributed by atoms with Crippen molar-refractivity contribution >= 4 is 11.8 Å². The third-order valence-electron chi connectivity index (χ3n) is 1.73. The Labute approximate surface area is 108 Å². The van der Waals surface area contributed by atoms with E-state index in [2.05, 4.69) is 10.3 Å². The molecule has 1 rings (SSSR count). The molecule has 0 aliphatic heterocycles. The standard InChI is InChI=1S/C13H20N2O3/c1-9(2)17-11-6-10(7-14-8-11)15-12(16)18-13(3,4)5/h6-9H,1-5H3,(H,15,16). The fraction of sp³-hybridized carbons (Fsp3) is 0.538. The Balaban J connectivity index is 2.65. The first-order valence-electron chi connectivity index (χ1n) is 5.88. The van der Waals surface area contributed by atoms with Gasteiger partial charge in [-0.25, -0.2) is 4.79 Å². The van der Waals surface area contributed by atoms with E-state index < -0.39 is 11.7 Å². The van der Waals surface area contributed by atoms with Crippen molar-refractivity contribution < 1.29 is 14.3 Å². The van der Waals surface area contributed by atoms with Crippen LogP contribution in [0.5, 0.6) is 5.75 Å². The molecular weight excluding hydrogens is 232 g/mol. The van der Waals surface area contributed by atoms with Crippen LogP contribution >= 0.6 is 0 Å². The van der Waals surface area contributed by atoms with Gasteiger partial charge >= 0.3 is 6.09 Å². The zero-order chi connectivity index (χ0) is 13.8. The number of ether oxygens (including phenoxy) is 2. The lowest BCUT2D eigenvalue weighted by Crippen LogP contribution is -2.27. The van der Waals surface area contributed by atoms with Crippen LogP contribution in [-0.4, -0.2) is 22.8 Å². The van der Waals surface area contributed by atoms with Crippen LogP contribution < -0.4 is 10.1 Å². The minimum Gasteiger partial charge on any atom is -0.489 e. The number of amides is 1. The van der Waals surface area contributed by atoms with E-state index in [0.29, 0.717) is 11.4 Å². The molecule has 0 spiro atoms. The lowest BCUT2D eigenvalue weighted by Gasteiger charge is -2.19. The van der Waals surface area contributed by atoms with E-state index in [1.807, 2.05) is 34.6 Å². The molecule has 0 fully saturated rings. The molecule has 0 aliphatic rings. The molecule has 1 N–H and O–H groups in total. The fourth-order valence-corrected chi connectivity index (χ4v) is 1.25. The van der Waals surface area contributed by atoms with Gasteiger partial charge in [0.2, 0.25) is 0 Å². The van der Waals surface area contributed by atoms with Crippen molar-refractivity contribution in [2.75, 3.05) is 5.32 Å². The van der Waals surface area contributed by atoms with Crippen LogP contribution in [0.25, 0.3) is 0 Å². The van der Waals surface area contributed by atoms with Gasteiger partial charge in [-0.15, -0.1) is 0 Å². The quantitative estimate of drug-likeness (QED) is 0.897. The van der Waals surface area contributed by atoms with E-state index in [1.165, 1.54) is 6.20 Å². The highest BCUT2D eigenvalue weighted by atomic mass is 16.6. The molecule has 1 aromatic rings. The molecule has 0 radical (unpaired) electrons. The van der Waals surface area contributed by atoms with E-state index in [0.717, 1.165) is 0 Å². The van der Waals surface area contributed by atoms with E-state index in [4.69, 9.17) is 9.47 Å². The maximum Gasteiger partial charge on any atom is 0.412 e. The summed E-state index contributed by atoms with van der Waals surface area (Å²) in [6, 6.07) is 1.71. The number of pyridine rings is 1. The largest absolute Gasteiger partial charge is 0.489 e. The Morgan fingerprint density at radius 3 is 2.56 bits per heavy atom. The van der Waals surface area contributed by atoms with Gasteiger partial charge in [-0.3, -0.25) is 10.3 Å². The highest BCUT2D eigenvalue weighted by Gasteiger charge is 2.16. The van der Waals surface area contributed by atoms with Gasteiger partial charge in [0.05, 0.1) is 24.2 Å². The molecule has 18 heavy (non-hydrogen) atoms. The third kappa shape index (κ3) is 5.52. The lowest BCUT2D eigenvalue weighted by molar-refractivity contribution is 0.0636. The second-order valence-electron chi connectivity index (χ2n) is 5.20. The van der Waals surface area contributed by atoms with Crippen molar-refractivity contribution in [3.05, 3.63) is 18.5 Å². The molecule has 0 aliphatic carbocycles. The predicted molar refractivity (Wildman–Crippen MR) is 69.9 cm³/mol. The molecule has 1 aromatic heterocycles. The Morgan fingerprint density at radius 2 is 2.00 bits per heavy atom. The molecule has 1 heterocycles. The van der Waals surface area contributed by atoms with Crippen LogP contribution in [0.4, 0.5) is 10.5 Å². The Kier molecular flexibility index (Phi) is 4.53. The summed E-state index contributed by atoms with van der Waals surface area (Å²) in [6.45, 7) is 9.28. The molecule has 0 atom stereocenters. The molecule has 0 aromatic carbocycles. The Bertz CT molecular complexity index is 411. The van der Waals surface area contributed by atoms with E-state index in [-0.39, 0.29) is 6.10 Å². The average Bonchev–Trinajstić information content (AvgIpc) is 2.13. The maximum absolute atomic E-state index is 11.6. The predicted octanol–water partition coefficient (Wildman–Crippen LogP) is 3.22. The van der Waals surface area contributed by atoms with E-state index >= 15 is 0 Å². The summed E-state index contributed by atoms with van der Waals surface area (Å²) in [4.78, 5) is 15.6. The number of hydrogen-bond donors (Lipinski definition) is 1. The van der Waals surface area contributed by atoms with Crippen LogP contribution in [0.1, 0.15) is 34.6 Å². The summed E-state index contributed by atoms with van der Waals surface area (Å²) in [6.07, 6.45) is 2.69. The minimum atomic E-state index is -0.524. The molecule has 0 saturated carbocycles. The summed E-state index contributed by atoms with van der Waals surface area (Å²) in [5.74, 6) is 0.610. The number of aromatic nitrogens is 1. The number of rotatable bonds is 3. The topological polar surface area (TPSA) is 60.5 Å². The Hall–Kier alpha value is -1.78. The second-order valence-corrected chi connectivity index (χ2v) is 5.20. The van der Waals surface area contributed by atoms with Crippen LogP contribution in [0.2, 0.25) is 0 Å². The first-order chi connectivity index (χ1) is 8.26. The van der Waals surface area contributed by atoms with Crippen molar-refractivity contribution in [1.29, 1.82) is 0 Å².